The van der Waals surface area contributed by atoms with Crippen molar-refractivity contribution in [2.45, 2.75) is 31.6 Å². The van der Waals surface area contributed by atoms with Crippen LogP contribution in [0.3, 0.4) is 0 Å². The summed E-state index contributed by atoms with van der Waals surface area (Å²) < 4.78 is 18.6. The number of halogens is 2. The number of amides is 1. The Bertz CT molecular complexity index is 768. The summed E-state index contributed by atoms with van der Waals surface area (Å²) in [7, 11) is 0. The molecule has 2 aromatic carbocycles. The lowest BCUT2D eigenvalue weighted by molar-refractivity contribution is -0.128. The minimum absolute atomic E-state index is 0.0981. The normalized spacial score (nSPS) is 20.3. The molecule has 126 valence electrons. The Morgan fingerprint density at radius 3 is 2.88 bits per heavy atom. The molecule has 0 radical (unpaired) electrons. The lowest BCUT2D eigenvalue weighted by atomic mass is 10.1. The van der Waals surface area contributed by atoms with E-state index in [9.17, 15) is 14.3 Å². The van der Waals surface area contributed by atoms with Gasteiger partial charge in [-0.2, -0.15) is 0 Å². The number of nitrogens with one attached hydrogen (secondary N) is 1. The van der Waals surface area contributed by atoms with E-state index < -0.39 is 24.1 Å². The Labute approximate surface area is 144 Å². The van der Waals surface area contributed by atoms with Crippen molar-refractivity contribution in [3.8, 4) is 5.75 Å². The molecule has 1 aliphatic rings. The molecule has 1 unspecified atom stereocenters. The highest BCUT2D eigenvalue weighted by Gasteiger charge is 2.33. The van der Waals surface area contributed by atoms with Crippen LogP contribution in [-0.2, 0) is 11.2 Å². The van der Waals surface area contributed by atoms with E-state index in [4.69, 9.17) is 16.3 Å². The molecule has 0 heterocycles. The molecule has 0 saturated carbocycles. The molecule has 2 aromatic rings. The van der Waals surface area contributed by atoms with Crippen LogP contribution < -0.4 is 10.1 Å². The molecule has 3 atom stereocenters. The summed E-state index contributed by atoms with van der Waals surface area (Å²) in [5, 5.41) is 13.1. The van der Waals surface area contributed by atoms with Crippen LogP contribution in [0.5, 0.6) is 5.75 Å². The Morgan fingerprint density at radius 2 is 2.12 bits per heavy atom. The maximum atomic E-state index is 13.1. The average Bonchev–Trinajstić information content (AvgIpc) is 2.86. The van der Waals surface area contributed by atoms with Crippen LogP contribution in [0.1, 0.15) is 24.1 Å². The number of hydrogen-bond acceptors (Lipinski definition) is 3. The molecule has 0 saturated heterocycles. The summed E-state index contributed by atoms with van der Waals surface area (Å²) in [4.78, 5) is 12.4. The number of aliphatic hydroxyl groups excluding tert-OH is 1. The van der Waals surface area contributed by atoms with Crippen molar-refractivity contribution in [2.24, 2.45) is 0 Å². The first-order valence-electron chi connectivity index (χ1n) is 7.63. The van der Waals surface area contributed by atoms with Crippen LogP contribution in [0.4, 0.5) is 4.39 Å². The second kappa shape index (κ2) is 6.79. The van der Waals surface area contributed by atoms with Crippen molar-refractivity contribution in [1.29, 1.82) is 0 Å². The number of carbonyl (C=O) groups is 1. The molecule has 0 fully saturated rings. The quantitative estimate of drug-likeness (QED) is 0.892. The van der Waals surface area contributed by atoms with Crippen LogP contribution in [0.2, 0.25) is 5.02 Å². The fourth-order valence-corrected chi connectivity index (χ4v) is 3.05. The van der Waals surface area contributed by atoms with Gasteiger partial charge in [0.25, 0.3) is 5.91 Å². The molecule has 3 rings (SSSR count). The Morgan fingerprint density at radius 1 is 1.38 bits per heavy atom. The first-order chi connectivity index (χ1) is 11.5. The molecule has 0 aliphatic heterocycles. The van der Waals surface area contributed by atoms with Crippen molar-refractivity contribution in [3.05, 3.63) is 64.4 Å². The van der Waals surface area contributed by atoms with Gasteiger partial charge in [0.2, 0.25) is 0 Å². The zero-order chi connectivity index (χ0) is 17.3. The summed E-state index contributed by atoms with van der Waals surface area (Å²) in [5.74, 6) is -0.626. The first kappa shape index (κ1) is 16.7. The van der Waals surface area contributed by atoms with Crippen molar-refractivity contribution in [1.82, 2.24) is 5.32 Å². The van der Waals surface area contributed by atoms with Crippen LogP contribution in [0.15, 0.2) is 42.5 Å². The van der Waals surface area contributed by atoms with Crippen LogP contribution in [-0.4, -0.2) is 23.2 Å². The van der Waals surface area contributed by atoms with E-state index in [1.54, 1.807) is 6.92 Å². The van der Waals surface area contributed by atoms with E-state index in [2.05, 4.69) is 5.32 Å². The topological polar surface area (TPSA) is 58.6 Å². The fraction of sp³-hybridized carbons (Fsp3) is 0.278. The van der Waals surface area contributed by atoms with Gasteiger partial charge in [-0.15, -0.1) is 0 Å². The van der Waals surface area contributed by atoms with Gasteiger partial charge in [-0.3, -0.25) is 4.79 Å². The monoisotopic (exact) mass is 349 g/mol. The Hall–Kier alpha value is -2.11. The highest BCUT2D eigenvalue weighted by molar-refractivity contribution is 6.32. The van der Waals surface area contributed by atoms with Gasteiger partial charge in [0, 0.05) is 6.42 Å². The van der Waals surface area contributed by atoms with Gasteiger partial charge in [-0.25, -0.2) is 4.39 Å². The third-order valence-electron chi connectivity index (χ3n) is 4.07. The lowest BCUT2D eigenvalue weighted by Crippen LogP contribution is -2.41. The second-order valence-corrected chi connectivity index (χ2v) is 6.20. The molecule has 4 nitrogen and oxygen atoms in total. The first-order valence-corrected chi connectivity index (χ1v) is 8.01. The van der Waals surface area contributed by atoms with Crippen LogP contribution >= 0.6 is 11.6 Å². The molecule has 0 spiro atoms. The number of hydrogen-bond donors (Lipinski definition) is 2. The largest absolute Gasteiger partial charge is 0.479 e. The number of carbonyl (C=O) groups excluding carboxylic acids is 1. The van der Waals surface area contributed by atoms with Crippen molar-refractivity contribution >= 4 is 17.5 Å². The van der Waals surface area contributed by atoms with Gasteiger partial charge in [-0.1, -0.05) is 35.9 Å². The lowest BCUT2D eigenvalue weighted by Gasteiger charge is -2.21. The summed E-state index contributed by atoms with van der Waals surface area (Å²) in [6.07, 6.45) is -1.01. The predicted octanol–water partition coefficient (Wildman–Crippen LogP) is 3.02. The number of aliphatic hydroxyl groups is 1. The third-order valence-corrected chi connectivity index (χ3v) is 4.36. The van der Waals surface area contributed by atoms with Crippen molar-refractivity contribution in [3.63, 3.8) is 0 Å². The Balaban J connectivity index is 1.68. The number of benzene rings is 2. The van der Waals surface area contributed by atoms with E-state index in [1.807, 2.05) is 24.3 Å². The summed E-state index contributed by atoms with van der Waals surface area (Å²) in [5.41, 5.74) is 1.93. The van der Waals surface area contributed by atoms with Crippen molar-refractivity contribution in [2.75, 3.05) is 0 Å². The van der Waals surface area contributed by atoms with E-state index in [1.165, 1.54) is 12.1 Å². The average molecular weight is 350 g/mol. The second-order valence-electron chi connectivity index (χ2n) is 5.79. The fourth-order valence-electron chi connectivity index (χ4n) is 2.83. The SMILES string of the molecule is CC(Oc1ccc(F)cc1Cl)C(=O)N[C@H]1c2ccccc2C[C@H]1O. The van der Waals surface area contributed by atoms with E-state index in [-0.39, 0.29) is 16.7 Å². The molecule has 24 heavy (non-hydrogen) atoms. The van der Waals surface area contributed by atoms with Crippen LogP contribution in [0, 0.1) is 5.82 Å². The van der Waals surface area contributed by atoms with Gasteiger partial charge in [-0.05, 0) is 36.2 Å². The summed E-state index contributed by atoms with van der Waals surface area (Å²) in [6, 6.07) is 10.8. The van der Waals surface area contributed by atoms with Crippen LogP contribution in [0.25, 0.3) is 0 Å². The van der Waals surface area contributed by atoms with E-state index in [0.29, 0.717) is 6.42 Å². The highest BCUT2D eigenvalue weighted by atomic mass is 35.5. The summed E-state index contributed by atoms with van der Waals surface area (Å²) in [6.45, 7) is 1.57. The zero-order valence-corrected chi connectivity index (χ0v) is 13.8. The minimum Gasteiger partial charge on any atom is -0.479 e. The maximum Gasteiger partial charge on any atom is 0.261 e. The molecule has 1 amide bonds. The number of rotatable bonds is 4. The number of fused-ring (bicyclic) bond motifs is 1. The number of ether oxygens (including phenoxy) is 1. The molecular weight excluding hydrogens is 333 g/mol. The van der Waals surface area contributed by atoms with Gasteiger partial charge < -0.3 is 15.2 Å². The summed E-state index contributed by atoms with van der Waals surface area (Å²) >= 11 is 5.90. The predicted molar refractivity (Wildman–Crippen MR) is 88.5 cm³/mol. The third kappa shape index (κ3) is 3.37. The minimum atomic E-state index is -0.840. The van der Waals surface area contributed by atoms with E-state index in [0.717, 1.165) is 17.2 Å². The molecule has 0 aromatic heterocycles. The maximum absolute atomic E-state index is 13.1. The molecule has 6 heteroatoms. The van der Waals surface area contributed by atoms with Gasteiger partial charge in [0.1, 0.15) is 11.6 Å². The van der Waals surface area contributed by atoms with Gasteiger partial charge in [0.05, 0.1) is 17.2 Å². The van der Waals surface area contributed by atoms with E-state index >= 15 is 0 Å². The highest BCUT2D eigenvalue weighted by Crippen LogP contribution is 2.31. The van der Waals surface area contributed by atoms with Gasteiger partial charge >= 0.3 is 0 Å². The molecule has 0 bridgehead atoms. The Kier molecular flexibility index (Phi) is 4.73. The van der Waals surface area contributed by atoms with Gasteiger partial charge in [0.15, 0.2) is 6.10 Å². The molecular formula is C18H17ClFNO3. The molecule has 1 aliphatic carbocycles. The zero-order valence-electron chi connectivity index (χ0n) is 13.0. The smallest absolute Gasteiger partial charge is 0.261 e. The van der Waals surface area contributed by atoms with Crippen molar-refractivity contribution < 1.29 is 19.0 Å². The molecule has 2 N–H and O–H groups in total. The standard InChI is InChI=1S/C18H17ClFNO3/c1-10(24-16-7-6-12(20)9-14(16)19)18(23)21-17-13-5-3-2-4-11(13)8-15(17)22/h2-7,9-10,15,17,22H,8H2,1H3,(H,21,23)/t10?,15-,17+/m1/s1.